The summed E-state index contributed by atoms with van der Waals surface area (Å²) in [5, 5.41) is 2.68. The van der Waals surface area contributed by atoms with Gasteiger partial charge in [0, 0.05) is 11.8 Å². The van der Waals surface area contributed by atoms with Crippen LogP contribution in [-0.2, 0) is 14.3 Å². The highest BCUT2D eigenvalue weighted by Crippen LogP contribution is 2.30. The van der Waals surface area contributed by atoms with Gasteiger partial charge < -0.3 is 19.5 Å². The molecule has 0 aliphatic heterocycles. The highest BCUT2D eigenvalue weighted by Gasteiger charge is 2.11. The molecule has 2 aromatic carbocycles. The molecule has 0 aliphatic rings. The molecule has 160 valence electrons. The molecule has 0 spiro atoms. The smallest absolute Gasteiger partial charge is 0.387 e. The van der Waals surface area contributed by atoms with E-state index in [4.69, 9.17) is 9.47 Å². The standard InChI is InChI=1S/C22H23F2NO5/c1-4-28-19-12-16(6-9-18(19)30-22(23)24)7-10-21(27)29-13-20(26)25-17-8-5-14(2)11-15(17)3/h5-12,22H,4,13H2,1-3H3,(H,25,26)/b10-7+. The molecule has 6 nitrogen and oxygen atoms in total. The number of carbonyl (C=O) groups excluding carboxylic acids is 2. The van der Waals surface area contributed by atoms with Gasteiger partial charge in [-0.05, 0) is 56.2 Å². The van der Waals surface area contributed by atoms with Gasteiger partial charge in [-0.3, -0.25) is 4.79 Å². The van der Waals surface area contributed by atoms with E-state index in [1.807, 2.05) is 26.0 Å². The van der Waals surface area contributed by atoms with Crippen molar-refractivity contribution < 1.29 is 32.6 Å². The second-order valence-electron chi connectivity index (χ2n) is 6.33. The van der Waals surface area contributed by atoms with E-state index in [2.05, 4.69) is 10.1 Å². The van der Waals surface area contributed by atoms with Gasteiger partial charge in [0.2, 0.25) is 0 Å². The van der Waals surface area contributed by atoms with E-state index < -0.39 is 25.1 Å². The lowest BCUT2D eigenvalue weighted by atomic mass is 10.1. The molecule has 0 saturated carbocycles. The Morgan fingerprint density at radius 1 is 1.10 bits per heavy atom. The van der Waals surface area contributed by atoms with E-state index in [0.717, 1.165) is 17.2 Å². The van der Waals surface area contributed by atoms with Crippen LogP contribution in [-0.4, -0.2) is 31.7 Å². The Hall–Kier alpha value is -3.42. The Labute approximate surface area is 173 Å². The molecule has 0 heterocycles. The third kappa shape index (κ3) is 7.20. The zero-order valence-electron chi connectivity index (χ0n) is 16.9. The van der Waals surface area contributed by atoms with E-state index in [9.17, 15) is 18.4 Å². The first-order valence-electron chi connectivity index (χ1n) is 9.22. The fourth-order valence-electron chi connectivity index (χ4n) is 2.58. The molecule has 0 aromatic heterocycles. The minimum atomic E-state index is -2.98. The lowest BCUT2D eigenvalue weighted by Crippen LogP contribution is -2.20. The van der Waals surface area contributed by atoms with Crippen LogP contribution in [0.2, 0.25) is 0 Å². The third-order valence-corrected chi connectivity index (χ3v) is 3.90. The fourth-order valence-corrected chi connectivity index (χ4v) is 2.58. The maximum absolute atomic E-state index is 12.4. The summed E-state index contributed by atoms with van der Waals surface area (Å²) in [6.07, 6.45) is 2.54. The van der Waals surface area contributed by atoms with E-state index in [0.29, 0.717) is 11.3 Å². The van der Waals surface area contributed by atoms with Gasteiger partial charge in [0.05, 0.1) is 6.61 Å². The highest BCUT2D eigenvalue weighted by atomic mass is 19.3. The number of esters is 1. The predicted octanol–water partition coefficient (Wildman–Crippen LogP) is 4.50. The van der Waals surface area contributed by atoms with Crippen molar-refractivity contribution in [3.05, 3.63) is 59.2 Å². The molecule has 2 aromatic rings. The number of rotatable bonds is 9. The Morgan fingerprint density at radius 3 is 2.53 bits per heavy atom. The van der Waals surface area contributed by atoms with Gasteiger partial charge in [0.15, 0.2) is 18.1 Å². The number of aryl methyl sites for hydroxylation is 2. The first-order chi connectivity index (χ1) is 14.3. The number of ether oxygens (including phenoxy) is 3. The number of nitrogens with one attached hydrogen (secondary N) is 1. The van der Waals surface area contributed by atoms with Crippen LogP contribution < -0.4 is 14.8 Å². The Balaban J connectivity index is 1.92. The van der Waals surface area contributed by atoms with Crippen LogP contribution in [0.5, 0.6) is 11.5 Å². The Morgan fingerprint density at radius 2 is 1.87 bits per heavy atom. The van der Waals surface area contributed by atoms with Crippen LogP contribution in [0.15, 0.2) is 42.5 Å². The van der Waals surface area contributed by atoms with Gasteiger partial charge in [-0.1, -0.05) is 23.8 Å². The van der Waals surface area contributed by atoms with Crippen molar-refractivity contribution in [1.82, 2.24) is 0 Å². The third-order valence-electron chi connectivity index (χ3n) is 3.90. The summed E-state index contributed by atoms with van der Waals surface area (Å²) in [6, 6.07) is 9.83. The summed E-state index contributed by atoms with van der Waals surface area (Å²) in [6.45, 7) is 2.35. The van der Waals surface area contributed by atoms with Gasteiger partial charge in [-0.25, -0.2) is 4.79 Å². The number of amides is 1. The zero-order chi connectivity index (χ0) is 22.1. The van der Waals surface area contributed by atoms with Crippen LogP contribution in [0.25, 0.3) is 6.08 Å². The van der Waals surface area contributed by atoms with Gasteiger partial charge >= 0.3 is 12.6 Å². The second kappa shape index (κ2) is 10.9. The van der Waals surface area contributed by atoms with E-state index >= 15 is 0 Å². The molecule has 0 atom stereocenters. The van der Waals surface area contributed by atoms with Crippen LogP contribution >= 0.6 is 0 Å². The van der Waals surface area contributed by atoms with Crippen molar-refractivity contribution in [3.63, 3.8) is 0 Å². The lowest BCUT2D eigenvalue weighted by molar-refractivity contribution is -0.142. The maximum Gasteiger partial charge on any atom is 0.387 e. The summed E-state index contributed by atoms with van der Waals surface area (Å²) < 4.78 is 39.5. The van der Waals surface area contributed by atoms with Crippen LogP contribution in [0.3, 0.4) is 0 Å². The second-order valence-corrected chi connectivity index (χ2v) is 6.33. The minimum absolute atomic E-state index is 0.102. The normalized spacial score (nSPS) is 10.9. The van der Waals surface area contributed by atoms with Gasteiger partial charge in [-0.15, -0.1) is 0 Å². The van der Waals surface area contributed by atoms with Crippen molar-refractivity contribution in [2.75, 3.05) is 18.5 Å². The average Bonchev–Trinajstić information content (AvgIpc) is 2.68. The minimum Gasteiger partial charge on any atom is -0.490 e. The van der Waals surface area contributed by atoms with Crippen molar-refractivity contribution in [2.24, 2.45) is 0 Å². The molecule has 2 rings (SSSR count). The topological polar surface area (TPSA) is 73.9 Å². The molecular weight excluding hydrogens is 396 g/mol. The molecule has 1 N–H and O–H groups in total. The van der Waals surface area contributed by atoms with Crippen molar-refractivity contribution in [1.29, 1.82) is 0 Å². The number of benzene rings is 2. The number of alkyl halides is 2. The molecule has 0 bridgehead atoms. The number of halogens is 2. The zero-order valence-corrected chi connectivity index (χ0v) is 16.9. The molecule has 30 heavy (non-hydrogen) atoms. The van der Waals surface area contributed by atoms with Crippen LogP contribution in [0.1, 0.15) is 23.6 Å². The van der Waals surface area contributed by atoms with Gasteiger partial charge in [0.25, 0.3) is 5.91 Å². The van der Waals surface area contributed by atoms with E-state index in [1.165, 1.54) is 24.3 Å². The molecule has 1 amide bonds. The SMILES string of the molecule is CCOc1cc(/C=C/C(=O)OCC(=O)Nc2ccc(C)cc2C)ccc1OC(F)F. The summed E-state index contributed by atoms with van der Waals surface area (Å²) in [5.74, 6) is -1.16. The summed E-state index contributed by atoms with van der Waals surface area (Å²) in [5.41, 5.74) is 3.13. The largest absolute Gasteiger partial charge is 0.490 e. The Kier molecular flexibility index (Phi) is 8.34. The number of anilines is 1. The first kappa shape index (κ1) is 22.9. The first-order valence-corrected chi connectivity index (χ1v) is 9.22. The Bertz CT molecular complexity index is 928. The highest BCUT2D eigenvalue weighted by molar-refractivity contribution is 5.95. The van der Waals surface area contributed by atoms with E-state index in [-0.39, 0.29) is 18.1 Å². The summed E-state index contributed by atoms with van der Waals surface area (Å²) in [4.78, 5) is 23.8. The van der Waals surface area contributed by atoms with Crippen molar-refractivity contribution >= 4 is 23.6 Å². The van der Waals surface area contributed by atoms with Gasteiger partial charge in [-0.2, -0.15) is 8.78 Å². The van der Waals surface area contributed by atoms with Gasteiger partial charge in [0.1, 0.15) is 0 Å². The van der Waals surface area contributed by atoms with E-state index in [1.54, 1.807) is 13.0 Å². The molecule has 0 fully saturated rings. The van der Waals surface area contributed by atoms with Crippen molar-refractivity contribution in [2.45, 2.75) is 27.4 Å². The number of carbonyl (C=O) groups is 2. The lowest BCUT2D eigenvalue weighted by Gasteiger charge is -2.11. The molecule has 0 saturated heterocycles. The monoisotopic (exact) mass is 419 g/mol. The number of hydrogen-bond acceptors (Lipinski definition) is 5. The summed E-state index contributed by atoms with van der Waals surface area (Å²) >= 11 is 0. The van der Waals surface area contributed by atoms with Crippen molar-refractivity contribution in [3.8, 4) is 11.5 Å². The van der Waals surface area contributed by atoms with Crippen LogP contribution in [0, 0.1) is 13.8 Å². The van der Waals surface area contributed by atoms with Crippen LogP contribution in [0.4, 0.5) is 14.5 Å². The quantitative estimate of drug-likeness (QED) is 0.479. The number of hydrogen-bond donors (Lipinski definition) is 1. The molecule has 0 unspecified atom stereocenters. The molecule has 0 radical (unpaired) electrons. The average molecular weight is 419 g/mol. The fraction of sp³-hybridized carbons (Fsp3) is 0.273. The molecule has 8 heteroatoms. The maximum atomic E-state index is 12.4. The summed E-state index contributed by atoms with van der Waals surface area (Å²) in [7, 11) is 0. The molecular formula is C22H23F2NO5. The predicted molar refractivity (Wildman–Crippen MR) is 109 cm³/mol. The molecule has 0 aliphatic carbocycles.